The molecular weight excluding hydrogens is 224 g/mol. The first-order valence-electron chi connectivity index (χ1n) is 5.99. The molecule has 18 heavy (non-hydrogen) atoms. The van der Waals surface area contributed by atoms with Gasteiger partial charge in [-0.2, -0.15) is 0 Å². The van der Waals surface area contributed by atoms with Crippen LogP contribution in [0.2, 0.25) is 0 Å². The highest BCUT2D eigenvalue weighted by atomic mass is 16.1. The number of carbonyl (C=O) groups is 1. The van der Waals surface area contributed by atoms with Gasteiger partial charge in [0.15, 0.2) is 0 Å². The van der Waals surface area contributed by atoms with E-state index in [0.29, 0.717) is 11.5 Å². The molecule has 0 fully saturated rings. The van der Waals surface area contributed by atoms with Crippen LogP contribution >= 0.6 is 0 Å². The third-order valence-electron chi connectivity index (χ3n) is 2.77. The summed E-state index contributed by atoms with van der Waals surface area (Å²) >= 11 is 0. The zero-order chi connectivity index (χ0) is 13.0. The summed E-state index contributed by atoms with van der Waals surface area (Å²) in [5.41, 5.74) is 2.62. The lowest BCUT2D eigenvalue weighted by Gasteiger charge is -2.13. The van der Waals surface area contributed by atoms with Crippen molar-refractivity contribution in [2.24, 2.45) is 0 Å². The number of hydrogen-bond acceptors (Lipinski definition) is 2. The lowest BCUT2D eigenvalue weighted by molar-refractivity contribution is 0.102. The minimum Gasteiger partial charge on any atom is -0.322 e. The minimum absolute atomic E-state index is 0.106. The Morgan fingerprint density at radius 2 is 1.78 bits per heavy atom. The van der Waals surface area contributed by atoms with Gasteiger partial charge in [0.1, 0.15) is 0 Å². The van der Waals surface area contributed by atoms with E-state index in [0.717, 1.165) is 11.3 Å². The number of rotatable bonds is 3. The molecule has 1 amide bonds. The maximum absolute atomic E-state index is 12.1. The van der Waals surface area contributed by atoms with Crippen LogP contribution in [-0.4, -0.2) is 10.9 Å². The fourth-order valence-corrected chi connectivity index (χ4v) is 1.81. The summed E-state index contributed by atoms with van der Waals surface area (Å²) in [5.74, 6) is 0.268. The number of benzene rings is 1. The van der Waals surface area contributed by atoms with E-state index in [4.69, 9.17) is 0 Å². The van der Waals surface area contributed by atoms with Crippen LogP contribution < -0.4 is 5.32 Å². The molecule has 0 unspecified atom stereocenters. The van der Waals surface area contributed by atoms with Gasteiger partial charge in [0.05, 0.1) is 0 Å². The fourth-order valence-electron chi connectivity index (χ4n) is 1.81. The molecule has 0 aliphatic carbocycles. The molecule has 1 aromatic carbocycles. The van der Waals surface area contributed by atoms with Gasteiger partial charge in [-0.15, -0.1) is 0 Å². The number of amides is 1. The molecule has 2 rings (SSSR count). The summed E-state index contributed by atoms with van der Waals surface area (Å²) in [5, 5.41) is 2.94. The van der Waals surface area contributed by atoms with Crippen LogP contribution in [0.25, 0.3) is 0 Å². The van der Waals surface area contributed by atoms with E-state index in [-0.39, 0.29) is 5.91 Å². The van der Waals surface area contributed by atoms with Gasteiger partial charge in [0.2, 0.25) is 0 Å². The zero-order valence-corrected chi connectivity index (χ0v) is 10.6. The highest BCUT2D eigenvalue weighted by Gasteiger charge is 2.10. The number of nitrogens with zero attached hydrogens (tertiary/aromatic N) is 1. The average Bonchev–Trinajstić information content (AvgIpc) is 2.40. The molecule has 0 saturated heterocycles. The van der Waals surface area contributed by atoms with Gasteiger partial charge < -0.3 is 5.32 Å². The molecule has 0 radical (unpaired) electrons. The van der Waals surface area contributed by atoms with Crippen molar-refractivity contribution in [3.8, 4) is 0 Å². The Morgan fingerprint density at radius 1 is 1.11 bits per heavy atom. The zero-order valence-electron chi connectivity index (χ0n) is 10.6. The molecule has 1 N–H and O–H groups in total. The van der Waals surface area contributed by atoms with E-state index in [1.807, 2.05) is 24.3 Å². The Balaban J connectivity index is 2.22. The number of carbonyl (C=O) groups excluding carboxylic acids is 1. The van der Waals surface area contributed by atoms with Crippen molar-refractivity contribution in [3.63, 3.8) is 0 Å². The van der Waals surface area contributed by atoms with Gasteiger partial charge in [-0.05, 0) is 29.7 Å². The van der Waals surface area contributed by atoms with Crippen molar-refractivity contribution in [1.82, 2.24) is 4.98 Å². The Labute approximate surface area is 107 Å². The third-order valence-corrected chi connectivity index (χ3v) is 2.77. The van der Waals surface area contributed by atoms with Crippen molar-refractivity contribution in [3.05, 3.63) is 59.9 Å². The van der Waals surface area contributed by atoms with Crippen LogP contribution in [0.5, 0.6) is 0 Å². The monoisotopic (exact) mass is 240 g/mol. The van der Waals surface area contributed by atoms with Crippen LogP contribution in [0.3, 0.4) is 0 Å². The molecule has 1 aromatic heterocycles. The largest absolute Gasteiger partial charge is 0.322 e. The molecule has 2 aromatic rings. The lowest BCUT2D eigenvalue weighted by atomic mass is 10.0. The molecule has 3 nitrogen and oxygen atoms in total. The molecule has 0 spiro atoms. The van der Waals surface area contributed by atoms with E-state index in [2.05, 4.69) is 24.1 Å². The van der Waals surface area contributed by atoms with Crippen molar-refractivity contribution in [2.75, 3.05) is 5.32 Å². The highest BCUT2D eigenvalue weighted by molar-refractivity contribution is 6.04. The molecule has 0 saturated carbocycles. The molecule has 1 heterocycles. The SMILES string of the molecule is CC(C)c1ccccc1NC(=O)c1ccncc1. The van der Waals surface area contributed by atoms with E-state index in [9.17, 15) is 4.79 Å². The topological polar surface area (TPSA) is 42.0 Å². The maximum Gasteiger partial charge on any atom is 0.255 e. The van der Waals surface area contributed by atoms with Crippen LogP contribution in [0, 0.1) is 0 Å². The molecular formula is C15H16N2O. The summed E-state index contributed by atoms with van der Waals surface area (Å²) < 4.78 is 0. The molecule has 0 bridgehead atoms. The van der Waals surface area contributed by atoms with Crippen molar-refractivity contribution in [2.45, 2.75) is 19.8 Å². The summed E-state index contributed by atoms with van der Waals surface area (Å²) in [7, 11) is 0. The van der Waals surface area contributed by atoms with Gasteiger partial charge >= 0.3 is 0 Å². The first kappa shape index (κ1) is 12.3. The van der Waals surface area contributed by atoms with E-state index in [1.165, 1.54) is 0 Å². The predicted octanol–water partition coefficient (Wildman–Crippen LogP) is 3.46. The first-order chi connectivity index (χ1) is 8.68. The van der Waals surface area contributed by atoms with Crippen LogP contribution in [0.15, 0.2) is 48.8 Å². The third kappa shape index (κ3) is 2.74. The van der Waals surface area contributed by atoms with Gasteiger partial charge in [-0.25, -0.2) is 0 Å². The second kappa shape index (κ2) is 5.45. The molecule has 92 valence electrons. The summed E-state index contributed by atoms with van der Waals surface area (Å²) in [6, 6.07) is 11.3. The van der Waals surface area contributed by atoms with E-state index < -0.39 is 0 Å². The summed E-state index contributed by atoms with van der Waals surface area (Å²) in [6.07, 6.45) is 3.23. The summed E-state index contributed by atoms with van der Waals surface area (Å²) in [4.78, 5) is 16.0. The lowest BCUT2D eigenvalue weighted by Crippen LogP contribution is -2.13. The number of para-hydroxylation sites is 1. The number of pyridine rings is 1. The van der Waals surface area contributed by atoms with Crippen LogP contribution in [0.4, 0.5) is 5.69 Å². The average molecular weight is 240 g/mol. The summed E-state index contributed by atoms with van der Waals surface area (Å²) in [6.45, 7) is 4.22. The number of hydrogen-bond donors (Lipinski definition) is 1. The van der Waals surface area contributed by atoms with Crippen molar-refractivity contribution >= 4 is 11.6 Å². The second-order valence-corrected chi connectivity index (χ2v) is 4.43. The Hall–Kier alpha value is -2.16. The van der Waals surface area contributed by atoms with Gasteiger partial charge in [0, 0.05) is 23.6 Å². The smallest absolute Gasteiger partial charge is 0.255 e. The van der Waals surface area contributed by atoms with E-state index >= 15 is 0 Å². The first-order valence-corrected chi connectivity index (χ1v) is 5.99. The second-order valence-electron chi connectivity index (χ2n) is 4.43. The normalized spacial score (nSPS) is 10.4. The Morgan fingerprint density at radius 3 is 2.44 bits per heavy atom. The number of nitrogens with one attached hydrogen (secondary N) is 1. The van der Waals surface area contributed by atoms with Crippen LogP contribution in [-0.2, 0) is 0 Å². The van der Waals surface area contributed by atoms with Crippen molar-refractivity contribution in [1.29, 1.82) is 0 Å². The number of aromatic nitrogens is 1. The van der Waals surface area contributed by atoms with Crippen LogP contribution in [0.1, 0.15) is 35.7 Å². The Bertz CT molecular complexity index is 535. The predicted molar refractivity (Wildman–Crippen MR) is 72.7 cm³/mol. The highest BCUT2D eigenvalue weighted by Crippen LogP contribution is 2.24. The molecule has 0 atom stereocenters. The number of anilines is 1. The van der Waals surface area contributed by atoms with Gasteiger partial charge in [0.25, 0.3) is 5.91 Å². The maximum atomic E-state index is 12.1. The van der Waals surface area contributed by atoms with Crippen molar-refractivity contribution < 1.29 is 4.79 Å². The fraction of sp³-hybridized carbons (Fsp3) is 0.200. The molecule has 0 aliphatic heterocycles. The van der Waals surface area contributed by atoms with Gasteiger partial charge in [-0.3, -0.25) is 9.78 Å². The standard InChI is InChI=1S/C15H16N2O/c1-11(2)13-5-3-4-6-14(13)17-15(18)12-7-9-16-10-8-12/h3-11H,1-2H3,(H,17,18). The quantitative estimate of drug-likeness (QED) is 0.892. The minimum atomic E-state index is -0.106. The van der Waals surface area contributed by atoms with Gasteiger partial charge in [-0.1, -0.05) is 32.0 Å². The molecule has 3 heteroatoms. The Kier molecular flexibility index (Phi) is 3.72. The molecule has 0 aliphatic rings. The van der Waals surface area contributed by atoms with E-state index in [1.54, 1.807) is 24.5 Å².